The quantitative estimate of drug-likeness (QED) is 0.398. The van der Waals surface area contributed by atoms with Crippen LogP contribution in [0.15, 0.2) is 0 Å². The van der Waals surface area contributed by atoms with Crippen molar-refractivity contribution in [3.8, 4) is 0 Å². The summed E-state index contributed by atoms with van der Waals surface area (Å²) in [6, 6.07) is 0. The number of carbonyl (C=O) groups excluding carboxylic acids is 1. The van der Waals surface area contributed by atoms with Crippen LogP contribution in [0, 0.1) is 0 Å². The smallest absolute Gasteiger partial charge is 0.325 e. The third kappa shape index (κ3) is 5.98. The minimum atomic E-state index is -0.707. The second-order valence-corrected chi connectivity index (χ2v) is 3.96. The van der Waals surface area contributed by atoms with Crippen LogP contribution in [0.5, 0.6) is 0 Å². The van der Waals surface area contributed by atoms with Gasteiger partial charge >= 0.3 is 5.97 Å². The highest BCUT2D eigenvalue weighted by atomic mass is 35.5. The molecule has 0 saturated carbocycles. The van der Waals surface area contributed by atoms with Crippen molar-refractivity contribution in [1.82, 2.24) is 0 Å². The minimum absolute atomic E-state index is 0.100. The first-order valence-electron chi connectivity index (χ1n) is 3.58. The first-order valence-corrected chi connectivity index (χ1v) is 5.94. The number of alkyl halides is 2. The first kappa shape index (κ1) is 12.4. The Morgan fingerprint density at radius 1 is 1.67 bits per heavy atom. The van der Waals surface area contributed by atoms with Crippen LogP contribution in [0.2, 0.25) is 0 Å². The zero-order valence-electron chi connectivity index (χ0n) is 6.89. The highest BCUT2D eigenvalue weighted by Crippen LogP contribution is 2.02. The van der Waals surface area contributed by atoms with Crippen LogP contribution in [0.1, 0.15) is 6.42 Å². The van der Waals surface area contributed by atoms with Gasteiger partial charge in [0.1, 0.15) is 5.38 Å². The van der Waals surface area contributed by atoms with Gasteiger partial charge < -0.3 is 4.74 Å². The summed E-state index contributed by atoms with van der Waals surface area (Å²) in [5.41, 5.74) is 0. The normalized spacial score (nSPS) is 12.6. The number of hydrogen-bond acceptors (Lipinski definition) is 3. The van der Waals surface area contributed by atoms with Gasteiger partial charge in [-0.2, -0.15) is 11.8 Å². The lowest BCUT2D eigenvalue weighted by molar-refractivity contribution is -0.142. The number of thioether (sulfide) groups is 1. The van der Waals surface area contributed by atoms with E-state index in [0.29, 0.717) is 6.61 Å². The van der Waals surface area contributed by atoms with E-state index >= 15 is 0 Å². The molecule has 0 heterocycles. The van der Waals surface area contributed by atoms with E-state index in [-0.39, 0.29) is 5.88 Å². The molecule has 72 valence electrons. The fourth-order valence-corrected chi connectivity index (χ4v) is 1.12. The molecule has 0 aromatic heterocycles. The molecule has 2 nitrogen and oxygen atoms in total. The lowest BCUT2D eigenvalue weighted by Crippen LogP contribution is -2.19. The summed E-state index contributed by atoms with van der Waals surface area (Å²) in [6.45, 7) is 0.430. The summed E-state index contributed by atoms with van der Waals surface area (Å²) in [5.74, 6) is 0.664. The van der Waals surface area contributed by atoms with E-state index in [0.717, 1.165) is 12.2 Å². The summed E-state index contributed by atoms with van der Waals surface area (Å²) in [7, 11) is 0. The Kier molecular flexibility index (Phi) is 8.29. The molecule has 0 spiro atoms. The molecule has 0 bridgehead atoms. The number of carbonyl (C=O) groups is 1. The monoisotopic (exact) mass is 230 g/mol. The lowest BCUT2D eigenvalue weighted by Gasteiger charge is -2.05. The maximum absolute atomic E-state index is 10.9. The highest BCUT2D eigenvalue weighted by Gasteiger charge is 2.14. The largest absolute Gasteiger partial charge is 0.465 e. The van der Waals surface area contributed by atoms with Gasteiger partial charge in [-0.25, -0.2) is 0 Å². The van der Waals surface area contributed by atoms with Crippen molar-refractivity contribution in [1.29, 1.82) is 0 Å². The van der Waals surface area contributed by atoms with Crippen molar-refractivity contribution in [3.63, 3.8) is 0 Å². The molecule has 0 saturated heterocycles. The number of hydrogen-bond donors (Lipinski definition) is 0. The third-order valence-electron chi connectivity index (χ3n) is 1.13. The Bertz CT molecular complexity index is 133. The number of esters is 1. The van der Waals surface area contributed by atoms with Gasteiger partial charge in [0.2, 0.25) is 0 Å². The highest BCUT2D eigenvalue weighted by molar-refractivity contribution is 7.98. The molecule has 1 unspecified atom stereocenters. The van der Waals surface area contributed by atoms with Crippen LogP contribution < -0.4 is 0 Å². The van der Waals surface area contributed by atoms with E-state index in [4.69, 9.17) is 27.9 Å². The van der Waals surface area contributed by atoms with E-state index in [9.17, 15) is 4.79 Å². The summed E-state index contributed by atoms with van der Waals surface area (Å²) in [5, 5.41) is -0.707. The summed E-state index contributed by atoms with van der Waals surface area (Å²) >= 11 is 12.6. The maximum atomic E-state index is 10.9. The molecule has 12 heavy (non-hydrogen) atoms. The summed E-state index contributed by atoms with van der Waals surface area (Å²) < 4.78 is 4.83. The van der Waals surface area contributed by atoms with E-state index < -0.39 is 11.3 Å². The molecule has 0 rings (SSSR count). The molecular formula is C7H12Cl2O2S. The Morgan fingerprint density at radius 2 is 2.33 bits per heavy atom. The van der Waals surface area contributed by atoms with Gasteiger partial charge in [-0.05, 0) is 18.4 Å². The van der Waals surface area contributed by atoms with Gasteiger partial charge in [0, 0.05) is 5.88 Å². The van der Waals surface area contributed by atoms with E-state index in [1.165, 1.54) is 0 Å². The van der Waals surface area contributed by atoms with Gasteiger partial charge in [0.25, 0.3) is 0 Å². The number of rotatable bonds is 6. The van der Waals surface area contributed by atoms with E-state index in [2.05, 4.69) is 0 Å². The van der Waals surface area contributed by atoms with Gasteiger partial charge in [0.05, 0.1) is 6.61 Å². The van der Waals surface area contributed by atoms with Crippen molar-refractivity contribution < 1.29 is 9.53 Å². The van der Waals surface area contributed by atoms with Crippen molar-refractivity contribution in [3.05, 3.63) is 0 Å². The molecule has 0 aliphatic heterocycles. The van der Waals surface area contributed by atoms with Crippen LogP contribution in [0.3, 0.4) is 0 Å². The van der Waals surface area contributed by atoms with E-state index in [1.54, 1.807) is 11.8 Å². The molecule has 0 aliphatic rings. The zero-order valence-corrected chi connectivity index (χ0v) is 9.21. The maximum Gasteiger partial charge on any atom is 0.325 e. The first-order chi connectivity index (χ1) is 5.72. The minimum Gasteiger partial charge on any atom is -0.465 e. The van der Waals surface area contributed by atoms with Crippen molar-refractivity contribution in [2.75, 3.05) is 24.5 Å². The van der Waals surface area contributed by atoms with Crippen molar-refractivity contribution in [2.45, 2.75) is 11.8 Å². The average molecular weight is 231 g/mol. The molecule has 1 atom stereocenters. The zero-order chi connectivity index (χ0) is 9.40. The van der Waals surface area contributed by atoms with Gasteiger partial charge in [0.15, 0.2) is 0 Å². The third-order valence-corrected chi connectivity index (χ3v) is 2.62. The Hall–Kier alpha value is 0.400. The fraction of sp³-hybridized carbons (Fsp3) is 0.857. The topological polar surface area (TPSA) is 26.3 Å². The molecule has 0 N–H and O–H groups in total. The second-order valence-electron chi connectivity index (χ2n) is 2.14. The van der Waals surface area contributed by atoms with Gasteiger partial charge in [-0.3, -0.25) is 4.79 Å². The fourth-order valence-electron chi connectivity index (χ4n) is 0.529. The molecule has 0 fully saturated rings. The van der Waals surface area contributed by atoms with Crippen LogP contribution in [0.25, 0.3) is 0 Å². The number of ether oxygens (including phenoxy) is 1. The molecule has 0 radical (unpaired) electrons. The average Bonchev–Trinajstić information content (AvgIpc) is 2.10. The molecule has 0 amide bonds. The second kappa shape index (κ2) is 8.02. The number of halogens is 2. The van der Waals surface area contributed by atoms with Crippen LogP contribution in [-0.4, -0.2) is 35.8 Å². The molecule has 0 aliphatic carbocycles. The summed E-state index contributed by atoms with van der Waals surface area (Å²) in [4.78, 5) is 10.9. The predicted molar refractivity (Wildman–Crippen MR) is 54.3 cm³/mol. The Labute approximate surface area is 86.9 Å². The Balaban J connectivity index is 3.31. The van der Waals surface area contributed by atoms with Crippen LogP contribution >= 0.6 is 35.0 Å². The summed E-state index contributed by atoms with van der Waals surface area (Å²) in [6.07, 6.45) is 2.86. The SMILES string of the molecule is CSCCCOC(=O)C(Cl)CCl. The van der Waals surface area contributed by atoms with Crippen LogP contribution in [0.4, 0.5) is 0 Å². The Morgan fingerprint density at radius 3 is 2.83 bits per heavy atom. The molecule has 5 heteroatoms. The predicted octanol–water partition coefficient (Wildman–Crippen LogP) is 2.13. The van der Waals surface area contributed by atoms with E-state index in [1.807, 2.05) is 6.26 Å². The van der Waals surface area contributed by atoms with Crippen molar-refractivity contribution >= 4 is 40.9 Å². The van der Waals surface area contributed by atoms with Gasteiger partial charge in [-0.15, -0.1) is 23.2 Å². The van der Waals surface area contributed by atoms with Crippen molar-refractivity contribution in [2.24, 2.45) is 0 Å². The standard InChI is InChI=1S/C7H12Cl2O2S/c1-12-4-2-3-11-7(10)6(9)5-8/h6H,2-5H2,1H3. The molecule has 0 aromatic carbocycles. The lowest BCUT2D eigenvalue weighted by atomic mass is 10.5. The van der Waals surface area contributed by atoms with Gasteiger partial charge in [-0.1, -0.05) is 0 Å². The molecule has 0 aromatic rings. The molecular weight excluding hydrogens is 219 g/mol. The van der Waals surface area contributed by atoms with Crippen LogP contribution in [-0.2, 0) is 9.53 Å².